The van der Waals surface area contributed by atoms with Crippen molar-refractivity contribution in [1.82, 2.24) is 14.9 Å². The van der Waals surface area contributed by atoms with Crippen LogP contribution in [0.3, 0.4) is 0 Å². The normalized spacial score (nSPS) is 15.8. The third kappa shape index (κ3) is 2.90. The number of halogens is 1. The number of likely N-dealkylation sites (N-methyl/N-ethyl adjacent to an activating group) is 1. The molecule has 1 aliphatic heterocycles. The first kappa shape index (κ1) is 17.4. The maximum atomic E-state index is 12.9. The third-order valence-corrected chi connectivity index (χ3v) is 5.16. The largest absolute Gasteiger partial charge is 0.371 e. The van der Waals surface area contributed by atoms with E-state index in [0.717, 1.165) is 22.3 Å². The van der Waals surface area contributed by atoms with Crippen LogP contribution in [0, 0.1) is 0 Å². The van der Waals surface area contributed by atoms with Crippen molar-refractivity contribution >= 4 is 40.0 Å². The van der Waals surface area contributed by atoms with Crippen LogP contribution in [-0.4, -0.2) is 35.0 Å². The molecule has 3 N–H and O–H groups in total. The van der Waals surface area contributed by atoms with Gasteiger partial charge in [0.15, 0.2) is 0 Å². The van der Waals surface area contributed by atoms with Crippen LogP contribution in [0.2, 0.25) is 5.02 Å². The average Bonchev–Trinajstić information content (AvgIpc) is 3.12. The Hall–Kier alpha value is -3.06. The van der Waals surface area contributed by atoms with E-state index in [-0.39, 0.29) is 11.9 Å². The van der Waals surface area contributed by atoms with Crippen molar-refractivity contribution in [3.63, 3.8) is 0 Å². The summed E-state index contributed by atoms with van der Waals surface area (Å²) in [4.78, 5) is 30.6. The molecule has 27 heavy (non-hydrogen) atoms. The summed E-state index contributed by atoms with van der Waals surface area (Å²) >= 11 is 6.06. The molecule has 4 rings (SSSR count). The molecule has 8 heteroatoms. The molecule has 0 spiro atoms. The molecule has 7 nitrogen and oxygen atoms in total. The molecule has 2 amide bonds. The van der Waals surface area contributed by atoms with Crippen molar-refractivity contribution in [3.8, 4) is 0 Å². The van der Waals surface area contributed by atoms with Gasteiger partial charge in [0.25, 0.3) is 5.91 Å². The number of aromatic nitrogens is 2. The number of nitrogens with two attached hydrogens (primary N) is 1. The first-order chi connectivity index (χ1) is 12.8. The minimum Gasteiger partial charge on any atom is -0.371 e. The lowest BCUT2D eigenvalue weighted by Crippen LogP contribution is -2.32. The van der Waals surface area contributed by atoms with E-state index in [1.165, 1.54) is 6.20 Å². The second-order valence-electron chi connectivity index (χ2n) is 6.69. The lowest BCUT2D eigenvalue weighted by atomic mass is 10.1. The summed E-state index contributed by atoms with van der Waals surface area (Å²) in [5.74, 6) is -0.725. The summed E-state index contributed by atoms with van der Waals surface area (Å²) in [6.45, 7) is 0.562. The molecule has 2 aromatic heterocycles. The summed E-state index contributed by atoms with van der Waals surface area (Å²) in [5.41, 5.74) is 8.62. The number of amides is 2. The van der Waals surface area contributed by atoms with Crippen LogP contribution < -0.4 is 16.0 Å². The number of pyridine rings is 1. The van der Waals surface area contributed by atoms with E-state index in [1.807, 2.05) is 41.8 Å². The van der Waals surface area contributed by atoms with Gasteiger partial charge in [-0.1, -0.05) is 17.7 Å². The summed E-state index contributed by atoms with van der Waals surface area (Å²) < 4.78 is 1.82. The van der Waals surface area contributed by atoms with E-state index in [9.17, 15) is 9.59 Å². The number of carbonyl (C=O) groups excluding carboxylic acids is 2. The first-order valence-corrected chi connectivity index (χ1v) is 8.79. The highest BCUT2D eigenvalue weighted by molar-refractivity contribution is 6.31. The van der Waals surface area contributed by atoms with Crippen LogP contribution in [0.1, 0.15) is 32.6 Å². The van der Waals surface area contributed by atoms with Crippen LogP contribution in [0.5, 0.6) is 0 Å². The van der Waals surface area contributed by atoms with Crippen molar-refractivity contribution in [2.45, 2.75) is 6.04 Å². The maximum absolute atomic E-state index is 12.9. The van der Waals surface area contributed by atoms with Crippen LogP contribution in [0.25, 0.3) is 10.9 Å². The van der Waals surface area contributed by atoms with Crippen molar-refractivity contribution in [2.75, 3.05) is 18.5 Å². The molecule has 3 heterocycles. The number of fused-ring (bicyclic) bond motifs is 2. The van der Waals surface area contributed by atoms with Gasteiger partial charge >= 0.3 is 0 Å². The third-order valence-electron chi connectivity index (χ3n) is 4.93. The average molecular weight is 384 g/mol. The first-order valence-electron chi connectivity index (χ1n) is 8.42. The Morgan fingerprint density at radius 2 is 2.04 bits per heavy atom. The number of rotatable bonds is 3. The predicted molar refractivity (Wildman–Crippen MR) is 104 cm³/mol. The van der Waals surface area contributed by atoms with Crippen LogP contribution >= 0.6 is 11.6 Å². The fourth-order valence-electron chi connectivity index (χ4n) is 3.50. The van der Waals surface area contributed by atoms with Gasteiger partial charge < -0.3 is 20.5 Å². The Morgan fingerprint density at radius 1 is 1.26 bits per heavy atom. The van der Waals surface area contributed by atoms with Crippen molar-refractivity contribution < 1.29 is 9.59 Å². The Bertz CT molecular complexity index is 1090. The zero-order valence-corrected chi connectivity index (χ0v) is 15.6. The van der Waals surface area contributed by atoms with Crippen LogP contribution in [0.4, 0.5) is 5.69 Å². The Labute approximate surface area is 160 Å². The number of benzene rings is 1. The highest BCUT2D eigenvalue weighted by Gasteiger charge is 2.30. The molecule has 3 aromatic rings. The molecule has 138 valence electrons. The van der Waals surface area contributed by atoms with E-state index in [1.54, 1.807) is 12.1 Å². The lowest BCUT2D eigenvalue weighted by molar-refractivity contribution is 0.0929. The van der Waals surface area contributed by atoms with Crippen LogP contribution in [-0.2, 0) is 7.05 Å². The second kappa shape index (κ2) is 6.28. The number of hydrogen-bond acceptors (Lipinski definition) is 4. The molecule has 0 fully saturated rings. The molecule has 0 aliphatic carbocycles. The Balaban J connectivity index is 1.63. The van der Waals surface area contributed by atoms with E-state index in [2.05, 4.69) is 10.3 Å². The number of nitrogens with zero attached hydrogens (tertiary/aromatic N) is 3. The van der Waals surface area contributed by atoms with Gasteiger partial charge in [0.05, 0.1) is 23.0 Å². The van der Waals surface area contributed by atoms with Gasteiger partial charge in [-0.25, -0.2) is 0 Å². The van der Waals surface area contributed by atoms with Crippen molar-refractivity contribution in [3.05, 3.63) is 58.5 Å². The molecule has 1 unspecified atom stereocenters. The Kier molecular flexibility index (Phi) is 4.04. The highest BCUT2D eigenvalue weighted by Crippen LogP contribution is 2.33. The lowest BCUT2D eigenvalue weighted by Gasteiger charge is -2.14. The van der Waals surface area contributed by atoms with Gasteiger partial charge in [-0.05, 0) is 24.3 Å². The second-order valence-corrected chi connectivity index (χ2v) is 7.13. The van der Waals surface area contributed by atoms with Crippen LogP contribution in [0.15, 0.2) is 36.5 Å². The fourth-order valence-corrected chi connectivity index (χ4v) is 3.67. The van der Waals surface area contributed by atoms with E-state index in [4.69, 9.17) is 17.3 Å². The van der Waals surface area contributed by atoms with E-state index >= 15 is 0 Å². The predicted octanol–water partition coefficient (Wildman–Crippen LogP) is 2.25. The monoisotopic (exact) mass is 383 g/mol. The molecular weight excluding hydrogens is 366 g/mol. The number of anilines is 1. The quantitative estimate of drug-likeness (QED) is 0.725. The van der Waals surface area contributed by atoms with Gasteiger partial charge in [-0.2, -0.15) is 0 Å². The maximum Gasteiger partial charge on any atom is 0.268 e. The number of primary amides is 1. The highest BCUT2D eigenvalue weighted by atomic mass is 35.5. The smallest absolute Gasteiger partial charge is 0.268 e. The molecular formula is C19H18ClN5O2. The van der Waals surface area contributed by atoms with Gasteiger partial charge in [-0.3, -0.25) is 14.6 Å². The molecule has 0 radical (unpaired) electrons. The summed E-state index contributed by atoms with van der Waals surface area (Å²) in [7, 11) is 3.72. The van der Waals surface area contributed by atoms with Gasteiger partial charge in [0.2, 0.25) is 5.91 Å². The molecule has 1 atom stereocenters. The number of carbonyl (C=O) groups is 2. The van der Waals surface area contributed by atoms with Crippen molar-refractivity contribution in [1.29, 1.82) is 0 Å². The zero-order chi connectivity index (χ0) is 19.3. The summed E-state index contributed by atoms with van der Waals surface area (Å²) in [6.07, 6.45) is 1.44. The van der Waals surface area contributed by atoms with Crippen molar-refractivity contribution in [2.24, 2.45) is 12.8 Å². The van der Waals surface area contributed by atoms with E-state index in [0.29, 0.717) is 22.8 Å². The van der Waals surface area contributed by atoms with E-state index < -0.39 is 5.91 Å². The number of nitrogens with one attached hydrogen (secondary N) is 1. The fraction of sp³-hybridized carbons (Fsp3) is 0.211. The standard InChI is InChI=1S/C19H18ClN5O2/c1-24-9-13(17-15(24)6-11(8-22-17)18(21)26)23-19(27)16-5-10-3-4-12(20)7-14(10)25(16)2/h3-8,13H,9H2,1-2H3,(H2,21,26)(H,23,27). The SMILES string of the molecule is CN1CC(NC(=O)c2cc3ccc(Cl)cc3n2C)c2ncc(C(N)=O)cc21. The minimum absolute atomic E-state index is 0.197. The summed E-state index contributed by atoms with van der Waals surface area (Å²) in [5, 5.41) is 4.60. The minimum atomic E-state index is -0.527. The zero-order valence-electron chi connectivity index (χ0n) is 14.9. The van der Waals surface area contributed by atoms with Gasteiger partial charge in [-0.15, -0.1) is 0 Å². The molecule has 1 aliphatic rings. The van der Waals surface area contributed by atoms with Gasteiger partial charge in [0, 0.05) is 42.8 Å². The van der Waals surface area contributed by atoms with Gasteiger partial charge in [0.1, 0.15) is 5.69 Å². The Morgan fingerprint density at radius 3 is 2.78 bits per heavy atom. The summed E-state index contributed by atoms with van der Waals surface area (Å²) in [6, 6.07) is 8.79. The number of aryl methyl sites for hydroxylation is 1. The molecule has 0 saturated heterocycles. The molecule has 0 bridgehead atoms. The molecule has 0 saturated carbocycles. The topological polar surface area (TPSA) is 93.2 Å². The molecule has 1 aromatic carbocycles. The number of hydrogen-bond donors (Lipinski definition) is 2.